The van der Waals surface area contributed by atoms with E-state index < -0.39 is 24.0 Å². The molecule has 1 nitrogen and oxygen atoms in total. The average molecular weight is 389 g/mol. The lowest BCUT2D eigenvalue weighted by Gasteiger charge is -2.33. The van der Waals surface area contributed by atoms with Crippen molar-refractivity contribution < 1.29 is 17.6 Å². The van der Waals surface area contributed by atoms with Crippen LogP contribution < -0.4 is 5.73 Å². The molecule has 1 aromatic rings. The third-order valence-electron chi connectivity index (χ3n) is 4.17. The summed E-state index contributed by atoms with van der Waals surface area (Å²) < 4.78 is 52.5. The largest absolute Gasteiger partial charge is 0.391 e. The summed E-state index contributed by atoms with van der Waals surface area (Å²) in [6.07, 6.45) is -3.36. The van der Waals surface area contributed by atoms with Gasteiger partial charge in [0.2, 0.25) is 0 Å². The lowest BCUT2D eigenvalue weighted by Crippen LogP contribution is -2.32. The van der Waals surface area contributed by atoms with E-state index in [0.717, 1.165) is 0 Å². The fraction of sp³-hybridized carbons (Fsp3) is 0.571. The van der Waals surface area contributed by atoms with Crippen LogP contribution in [-0.4, -0.2) is 6.18 Å². The van der Waals surface area contributed by atoms with Crippen molar-refractivity contribution in [3.63, 3.8) is 0 Å². The van der Waals surface area contributed by atoms with Crippen molar-refractivity contribution in [1.29, 1.82) is 0 Å². The fourth-order valence-corrected chi connectivity index (χ4v) is 3.34. The Morgan fingerprint density at radius 3 is 2.29 bits per heavy atom. The van der Waals surface area contributed by atoms with Gasteiger partial charge in [-0.25, -0.2) is 4.39 Å². The highest BCUT2D eigenvalue weighted by molar-refractivity contribution is 9.10. The second-order valence-electron chi connectivity index (χ2n) is 5.44. The molecule has 0 amide bonds. The maximum absolute atomic E-state index is 14.1. The molecule has 0 heterocycles. The fourth-order valence-electron chi connectivity index (χ4n) is 2.86. The van der Waals surface area contributed by atoms with Gasteiger partial charge in [-0.15, -0.1) is 0 Å². The molecule has 1 unspecified atom stereocenters. The van der Waals surface area contributed by atoms with Crippen molar-refractivity contribution in [2.24, 2.45) is 17.6 Å². The van der Waals surface area contributed by atoms with Crippen LogP contribution in [0.3, 0.4) is 0 Å². The summed E-state index contributed by atoms with van der Waals surface area (Å²) in [6, 6.07) is 2.50. The normalized spacial score (nSPS) is 24.9. The van der Waals surface area contributed by atoms with Crippen LogP contribution in [0.25, 0.3) is 0 Å². The molecular weight excluding hydrogens is 374 g/mol. The monoisotopic (exact) mass is 387 g/mol. The lowest BCUT2D eigenvalue weighted by molar-refractivity contribution is -0.184. The molecule has 7 heteroatoms. The summed E-state index contributed by atoms with van der Waals surface area (Å²) in [4.78, 5) is 0. The first-order valence-corrected chi connectivity index (χ1v) is 7.84. The SMILES string of the molecule is NC(c1ccc(Br)c(Cl)c1F)C1CCC(C(F)(F)F)CC1. The average Bonchev–Trinajstić information content (AvgIpc) is 2.43. The smallest absolute Gasteiger partial charge is 0.324 e. The zero-order valence-electron chi connectivity index (χ0n) is 11.1. The standard InChI is InChI=1S/C14H15BrClF4N/c15-10-6-5-9(12(17)11(10)16)13(21)7-1-3-8(4-2-7)14(18,19)20/h5-8,13H,1-4,21H2. The molecule has 1 atom stereocenters. The first kappa shape index (κ1) is 17.0. The van der Waals surface area contributed by atoms with E-state index >= 15 is 0 Å². The zero-order valence-corrected chi connectivity index (χ0v) is 13.4. The van der Waals surface area contributed by atoms with E-state index in [2.05, 4.69) is 15.9 Å². The Bertz CT molecular complexity index is 512. The Kier molecular flexibility index (Phi) is 5.21. The summed E-state index contributed by atoms with van der Waals surface area (Å²) in [6.45, 7) is 0. The second kappa shape index (κ2) is 6.42. The Balaban J connectivity index is 2.09. The van der Waals surface area contributed by atoms with Crippen molar-refractivity contribution >= 4 is 27.5 Å². The molecule has 0 aliphatic heterocycles. The van der Waals surface area contributed by atoms with Crippen LogP contribution in [0.2, 0.25) is 5.02 Å². The topological polar surface area (TPSA) is 26.0 Å². The summed E-state index contributed by atoms with van der Waals surface area (Å²) in [5.41, 5.74) is 6.31. The van der Waals surface area contributed by atoms with Gasteiger partial charge < -0.3 is 5.73 Å². The van der Waals surface area contributed by atoms with Gasteiger partial charge in [0.15, 0.2) is 0 Å². The van der Waals surface area contributed by atoms with Gasteiger partial charge in [0, 0.05) is 16.1 Å². The van der Waals surface area contributed by atoms with Crippen LogP contribution >= 0.6 is 27.5 Å². The quantitative estimate of drug-likeness (QED) is 0.517. The van der Waals surface area contributed by atoms with Crippen molar-refractivity contribution in [3.05, 3.63) is 33.0 Å². The molecule has 0 saturated heterocycles. The number of hydrogen-bond acceptors (Lipinski definition) is 1. The lowest BCUT2D eigenvalue weighted by atomic mass is 9.76. The number of benzene rings is 1. The van der Waals surface area contributed by atoms with Crippen molar-refractivity contribution in [1.82, 2.24) is 0 Å². The molecular formula is C14H15BrClF4N. The maximum Gasteiger partial charge on any atom is 0.391 e. The molecule has 0 aromatic heterocycles. The molecule has 21 heavy (non-hydrogen) atoms. The van der Waals surface area contributed by atoms with Crippen LogP contribution in [0.1, 0.15) is 37.3 Å². The molecule has 0 spiro atoms. The van der Waals surface area contributed by atoms with Gasteiger partial charge in [0.25, 0.3) is 0 Å². The van der Waals surface area contributed by atoms with Crippen molar-refractivity contribution in [2.45, 2.75) is 37.9 Å². The van der Waals surface area contributed by atoms with Gasteiger partial charge in [-0.1, -0.05) is 17.7 Å². The van der Waals surface area contributed by atoms with Gasteiger partial charge in [0.1, 0.15) is 5.82 Å². The number of rotatable bonds is 2. The second-order valence-corrected chi connectivity index (χ2v) is 6.68. The van der Waals surface area contributed by atoms with E-state index in [0.29, 0.717) is 17.3 Å². The minimum absolute atomic E-state index is 0.0491. The molecule has 2 N–H and O–H groups in total. The Labute approximate surface area is 134 Å². The number of alkyl halides is 3. The van der Waals surface area contributed by atoms with E-state index in [9.17, 15) is 17.6 Å². The van der Waals surface area contributed by atoms with Crippen LogP contribution in [-0.2, 0) is 0 Å². The molecule has 118 valence electrons. The van der Waals surface area contributed by atoms with E-state index in [-0.39, 0.29) is 29.3 Å². The summed E-state index contributed by atoms with van der Waals surface area (Å²) in [5.74, 6) is -2.02. The molecule has 2 rings (SSSR count). The Hall–Kier alpha value is -0.330. The minimum Gasteiger partial charge on any atom is -0.324 e. The molecule has 1 aromatic carbocycles. The summed E-state index contributed by atoms with van der Waals surface area (Å²) in [5, 5.41) is -0.0491. The first-order chi connectivity index (χ1) is 9.71. The van der Waals surface area contributed by atoms with E-state index in [4.69, 9.17) is 17.3 Å². The third kappa shape index (κ3) is 3.71. The predicted octanol–water partition coefficient (Wildman–Crippen LogP) is 5.61. The van der Waals surface area contributed by atoms with Crippen molar-refractivity contribution in [2.75, 3.05) is 0 Å². The minimum atomic E-state index is -4.15. The highest BCUT2D eigenvalue weighted by Gasteiger charge is 2.42. The maximum atomic E-state index is 14.1. The van der Waals surface area contributed by atoms with Crippen molar-refractivity contribution in [3.8, 4) is 0 Å². The van der Waals surface area contributed by atoms with Crippen LogP contribution in [0.15, 0.2) is 16.6 Å². The van der Waals surface area contributed by atoms with Gasteiger partial charge in [0.05, 0.1) is 10.9 Å². The number of nitrogens with two attached hydrogens (primary N) is 1. The van der Waals surface area contributed by atoms with E-state index in [1.54, 1.807) is 6.07 Å². The number of hydrogen-bond donors (Lipinski definition) is 1. The Morgan fingerprint density at radius 1 is 1.19 bits per heavy atom. The molecule has 1 saturated carbocycles. The van der Waals surface area contributed by atoms with Gasteiger partial charge >= 0.3 is 6.18 Å². The number of halogens is 6. The highest BCUT2D eigenvalue weighted by atomic mass is 79.9. The zero-order chi connectivity index (χ0) is 15.8. The van der Waals surface area contributed by atoms with E-state index in [1.807, 2.05) is 0 Å². The molecule has 1 aliphatic rings. The van der Waals surface area contributed by atoms with Crippen LogP contribution in [0.4, 0.5) is 17.6 Å². The van der Waals surface area contributed by atoms with E-state index in [1.165, 1.54) is 6.07 Å². The summed E-state index contributed by atoms with van der Waals surface area (Å²) in [7, 11) is 0. The molecule has 1 aliphatic carbocycles. The van der Waals surface area contributed by atoms with Gasteiger partial charge in [-0.2, -0.15) is 13.2 Å². The molecule has 0 bridgehead atoms. The van der Waals surface area contributed by atoms with Crippen LogP contribution in [0.5, 0.6) is 0 Å². The van der Waals surface area contributed by atoms with Gasteiger partial charge in [-0.3, -0.25) is 0 Å². The van der Waals surface area contributed by atoms with Crippen LogP contribution in [0, 0.1) is 17.7 Å². The molecule has 0 radical (unpaired) electrons. The Morgan fingerprint density at radius 2 is 1.76 bits per heavy atom. The summed E-state index contributed by atoms with van der Waals surface area (Å²) >= 11 is 8.94. The third-order valence-corrected chi connectivity index (χ3v) is 5.43. The molecule has 1 fully saturated rings. The predicted molar refractivity (Wildman–Crippen MR) is 77.5 cm³/mol. The first-order valence-electron chi connectivity index (χ1n) is 6.67. The van der Waals surface area contributed by atoms with Gasteiger partial charge in [-0.05, 0) is 53.6 Å². The highest BCUT2D eigenvalue weighted by Crippen LogP contribution is 2.43.